The molecule has 20 heavy (non-hydrogen) atoms. The predicted molar refractivity (Wildman–Crippen MR) is 76.8 cm³/mol. The molecule has 106 valence electrons. The Morgan fingerprint density at radius 3 is 2.40 bits per heavy atom. The van der Waals surface area contributed by atoms with Gasteiger partial charge >= 0.3 is 0 Å². The fourth-order valence-electron chi connectivity index (χ4n) is 1.73. The average Bonchev–Trinajstić information content (AvgIpc) is 2.47. The Morgan fingerprint density at radius 1 is 1.20 bits per heavy atom. The number of nitrogens with zero attached hydrogens (tertiary/aromatic N) is 3. The minimum absolute atomic E-state index is 0.0664. The quantitative estimate of drug-likeness (QED) is 0.870. The lowest BCUT2D eigenvalue weighted by molar-refractivity contribution is 0.396. The molecule has 2 rings (SSSR count). The average molecular weight is 312 g/mol. The highest BCUT2D eigenvalue weighted by Gasteiger charge is 2.27. The van der Waals surface area contributed by atoms with Crippen molar-refractivity contribution in [3.63, 3.8) is 0 Å². The second kappa shape index (κ2) is 5.87. The first kappa shape index (κ1) is 14.9. The van der Waals surface area contributed by atoms with Crippen LogP contribution in [-0.2, 0) is 10.0 Å². The van der Waals surface area contributed by atoms with Gasteiger partial charge in [-0.05, 0) is 36.8 Å². The van der Waals surface area contributed by atoms with Crippen LogP contribution in [0.2, 0.25) is 5.02 Å². The van der Waals surface area contributed by atoms with Gasteiger partial charge in [0.15, 0.2) is 5.03 Å². The van der Waals surface area contributed by atoms with E-state index in [-0.39, 0.29) is 11.1 Å². The molecular weight excluding hydrogens is 298 g/mol. The van der Waals surface area contributed by atoms with E-state index in [4.69, 9.17) is 11.6 Å². The summed E-state index contributed by atoms with van der Waals surface area (Å²) in [6, 6.07) is 9.70. The summed E-state index contributed by atoms with van der Waals surface area (Å²) in [7, 11) is -2.15. The Kier molecular flexibility index (Phi) is 4.37. The Balaban J connectivity index is 2.31. The third-order valence-electron chi connectivity index (χ3n) is 3.09. The van der Waals surface area contributed by atoms with Crippen molar-refractivity contribution in [2.75, 3.05) is 7.05 Å². The second-order valence-corrected chi connectivity index (χ2v) is 6.69. The molecule has 0 fully saturated rings. The molecule has 0 radical (unpaired) electrons. The fraction of sp³-hybridized carbons (Fsp3) is 0.231. The molecule has 1 aromatic heterocycles. The predicted octanol–water partition coefficient (Wildman–Crippen LogP) is 2.51. The number of hydrogen-bond acceptors (Lipinski definition) is 4. The minimum Gasteiger partial charge on any atom is -0.205 e. The molecule has 0 bridgehead atoms. The smallest absolute Gasteiger partial charge is 0.205 e. The molecule has 1 atom stereocenters. The second-order valence-electron chi connectivity index (χ2n) is 4.31. The van der Waals surface area contributed by atoms with Crippen molar-refractivity contribution in [2.45, 2.75) is 18.0 Å². The summed E-state index contributed by atoms with van der Waals surface area (Å²) in [5.74, 6) is 0. The Labute approximate surface area is 123 Å². The van der Waals surface area contributed by atoms with Gasteiger partial charge in [-0.3, -0.25) is 0 Å². The lowest BCUT2D eigenvalue weighted by atomic mass is 10.1. The number of aromatic nitrogens is 2. The Morgan fingerprint density at radius 2 is 1.85 bits per heavy atom. The van der Waals surface area contributed by atoms with Crippen LogP contribution in [0.25, 0.3) is 0 Å². The van der Waals surface area contributed by atoms with E-state index in [9.17, 15) is 8.42 Å². The number of benzene rings is 1. The lowest BCUT2D eigenvalue weighted by Crippen LogP contribution is -2.30. The van der Waals surface area contributed by atoms with E-state index in [1.807, 2.05) is 0 Å². The van der Waals surface area contributed by atoms with Crippen molar-refractivity contribution in [3.05, 3.63) is 53.2 Å². The van der Waals surface area contributed by atoms with Gasteiger partial charge in [-0.1, -0.05) is 23.7 Å². The number of rotatable bonds is 4. The molecule has 0 amide bonds. The molecule has 2 aromatic rings. The van der Waals surface area contributed by atoms with Crippen LogP contribution in [0.5, 0.6) is 0 Å². The molecule has 0 unspecified atom stereocenters. The molecule has 5 nitrogen and oxygen atoms in total. The first-order valence-corrected chi connectivity index (χ1v) is 7.76. The number of sulfonamides is 1. The summed E-state index contributed by atoms with van der Waals surface area (Å²) >= 11 is 5.83. The van der Waals surface area contributed by atoms with Crippen LogP contribution < -0.4 is 0 Å². The third-order valence-corrected chi connectivity index (χ3v) is 5.16. The van der Waals surface area contributed by atoms with E-state index in [0.29, 0.717) is 5.02 Å². The summed E-state index contributed by atoms with van der Waals surface area (Å²) in [6.07, 6.45) is 1.43. The topological polar surface area (TPSA) is 63.2 Å². The zero-order valence-corrected chi connectivity index (χ0v) is 12.6. The third kappa shape index (κ3) is 2.98. The van der Waals surface area contributed by atoms with Crippen molar-refractivity contribution in [1.29, 1.82) is 0 Å². The van der Waals surface area contributed by atoms with Crippen LogP contribution in [0.3, 0.4) is 0 Å². The van der Waals surface area contributed by atoms with Gasteiger partial charge in [0, 0.05) is 24.3 Å². The summed E-state index contributed by atoms with van der Waals surface area (Å²) < 4.78 is 26.1. The highest BCUT2D eigenvalue weighted by Crippen LogP contribution is 2.25. The molecule has 0 saturated carbocycles. The molecule has 7 heteroatoms. The highest BCUT2D eigenvalue weighted by molar-refractivity contribution is 7.89. The van der Waals surface area contributed by atoms with E-state index in [2.05, 4.69) is 10.2 Å². The van der Waals surface area contributed by atoms with Gasteiger partial charge in [0.1, 0.15) is 0 Å². The Hall–Kier alpha value is -1.50. The molecule has 0 saturated heterocycles. The first-order chi connectivity index (χ1) is 9.43. The van der Waals surface area contributed by atoms with Crippen LogP contribution in [0.1, 0.15) is 18.5 Å². The molecule has 1 aromatic carbocycles. The van der Waals surface area contributed by atoms with E-state index < -0.39 is 10.0 Å². The minimum atomic E-state index is -3.67. The van der Waals surface area contributed by atoms with Crippen LogP contribution in [0.15, 0.2) is 47.6 Å². The maximum atomic E-state index is 12.4. The SMILES string of the molecule is C[C@@H](c1ccc(Cl)cc1)N(C)S(=O)(=O)c1cccnn1. The highest BCUT2D eigenvalue weighted by atomic mass is 35.5. The first-order valence-electron chi connectivity index (χ1n) is 5.94. The molecule has 0 spiro atoms. The Bertz CT molecular complexity index is 675. The van der Waals surface area contributed by atoms with Gasteiger partial charge in [-0.25, -0.2) is 8.42 Å². The summed E-state index contributed by atoms with van der Waals surface area (Å²) in [6.45, 7) is 1.80. The van der Waals surface area contributed by atoms with Crippen molar-refractivity contribution < 1.29 is 8.42 Å². The van der Waals surface area contributed by atoms with Crippen LogP contribution >= 0.6 is 11.6 Å². The standard InChI is InChI=1S/C13H14ClN3O2S/c1-10(11-5-7-12(14)8-6-11)17(2)20(18,19)13-4-3-9-15-16-13/h3-10H,1-2H3/t10-/m0/s1. The van der Waals surface area contributed by atoms with Gasteiger partial charge < -0.3 is 0 Å². The van der Waals surface area contributed by atoms with Crippen molar-refractivity contribution >= 4 is 21.6 Å². The molecule has 0 aliphatic carbocycles. The number of hydrogen-bond donors (Lipinski definition) is 0. The fourth-order valence-corrected chi connectivity index (χ4v) is 3.09. The van der Waals surface area contributed by atoms with Crippen LogP contribution in [0.4, 0.5) is 0 Å². The van der Waals surface area contributed by atoms with Gasteiger partial charge in [0.2, 0.25) is 0 Å². The van der Waals surface area contributed by atoms with E-state index >= 15 is 0 Å². The molecule has 0 aliphatic heterocycles. The zero-order valence-electron chi connectivity index (χ0n) is 11.1. The van der Waals surface area contributed by atoms with Crippen molar-refractivity contribution in [2.24, 2.45) is 0 Å². The maximum Gasteiger partial charge on any atom is 0.262 e. The number of halogens is 1. The van der Waals surface area contributed by atoms with Gasteiger partial charge in [-0.2, -0.15) is 9.40 Å². The van der Waals surface area contributed by atoms with E-state index in [0.717, 1.165) is 5.56 Å². The van der Waals surface area contributed by atoms with Crippen LogP contribution in [0, 0.1) is 0 Å². The van der Waals surface area contributed by atoms with Crippen molar-refractivity contribution in [3.8, 4) is 0 Å². The van der Waals surface area contributed by atoms with E-state index in [1.54, 1.807) is 37.3 Å². The van der Waals surface area contributed by atoms with Gasteiger partial charge in [0.05, 0.1) is 0 Å². The van der Waals surface area contributed by atoms with Gasteiger partial charge in [-0.15, -0.1) is 5.10 Å². The maximum absolute atomic E-state index is 12.4. The lowest BCUT2D eigenvalue weighted by Gasteiger charge is -2.24. The summed E-state index contributed by atoms with van der Waals surface area (Å²) in [5.41, 5.74) is 0.851. The van der Waals surface area contributed by atoms with Crippen molar-refractivity contribution in [1.82, 2.24) is 14.5 Å². The summed E-state index contributed by atoms with van der Waals surface area (Å²) in [5, 5.41) is 7.81. The molecular formula is C13H14ClN3O2S. The van der Waals surface area contributed by atoms with Crippen LogP contribution in [-0.4, -0.2) is 30.0 Å². The molecule has 0 N–H and O–H groups in total. The van der Waals surface area contributed by atoms with E-state index in [1.165, 1.54) is 23.6 Å². The molecule has 1 heterocycles. The zero-order chi connectivity index (χ0) is 14.8. The summed E-state index contributed by atoms with van der Waals surface area (Å²) in [4.78, 5) is 0. The molecule has 0 aliphatic rings. The van der Waals surface area contributed by atoms with Gasteiger partial charge in [0.25, 0.3) is 10.0 Å². The normalized spacial score (nSPS) is 13.4. The monoisotopic (exact) mass is 311 g/mol. The largest absolute Gasteiger partial charge is 0.262 e.